The van der Waals surface area contributed by atoms with Crippen molar-refractivity contribution in [1.82, 2.24) is 14.9 Å². The molecule has 0 aliphatic carbocycles. The Bertz CT molecular complexity index is 959. The summed E-state index contributed by atoms with van der Waals surface area (Å²) in [5.41, 5.74) is 5.19. The van der Waals surface area contributed by atoms with Crippen molar-refractivity contribution >= 4 is 12.0 Å². The van der Waals surface area contributed by atoms with Crippen LogP contribution in [0.4, 0.5) is 0 Å². The van der Waals surface area contributed by atoms with E-state index >= 15 is 0 Å². The van der Waals surface area contributed by atoms with Crippen molar-refractivity contribution in [2.45, 2.75) is 20.4 Å². The molecule has 3 aromatic rings. The number of rotatable bonds is 6. The molecular weight excluding hydrogens is 338 g/mol. The molecule has 3 rings (SSSR count). The molecular formula is C22H23N3O2. The highest BCUT2D eigenvalue weighted by Gasteiger charge is 2.09. The molecule has 0 radical (unpaired) electrons. The Morgan fingerprint density at radius 2 is 1.96 bits per heavy atom. The fraction of sp³-hybridized carbons (Fsp3) is 0.182. The quantitative estimate of drug-likeness (QED) is 0.679. The van der Waals surface area contributed by atoms with E-state index in [9.17, 15) is 4.79 Å². The fourth-order valence-electron chi connectivity index (χ4n) is 3.08. The number of hydrogen-bond acceptors (Lipinski definition) is 3. The zero-order chi connectivity index (χ0) is 19.2. The first kappa shape index (κ1) is 18.5. The number of hydrogen-bond donors (Lipinski definition) is 1. The summed E-state index contributed by atoms with van der Waals surface area (Å²) in [6, 6.07) is 16.0. The predicted molar refractivity (Wildman–Crippen MR) is 107 cm³/mol. The Morgan fingerprint density at radius 1 is 1.19 bits per heavy atom. The molecule has 0 aliphatic heterocycles. The first-order valence-electron chi connectivity index (χ1n) is 8.78. The van der Waals surface area contributed by atoms with Crippen LogP contribution in [-0.2, 0) is 11.3 Å². The highest BCUT2D eigenvalue weighted by molar-refractivity contribution is 5.91. The number of aromatic nitrogens is 2. The lowest BCUT2D eigenvalue weighted by atomic mass is 10.2. The molecule has 1 amide bonds. The average Bonchev–Trinajstić information content (AvgIpc) is 2.98. The van der Waals surface area contributed by atoms with Gasteiger partial charge in [0, 0.05) is 41.5 Å². The largest absolute Gasteiger partial charge is 0.481 e. The molecule has 0 bridgehead atoms. The maximum absolute atomic E-state index is 12.2. The Labute approximate surface area is 159 Å². The summed E-state index contributed by atoms with van der Waals surface area (Å²) in [4.78, 5) is 16.3. The number of aryl methyl sites for hydroxylation is 1. The van der Waals surface area contributed by atoms with Gasteiger partial charge in [0.15, 0.2) is 0 Å². The Hall–Kier alpha value is -3.34. The molecule has 0 aliphatic rings. The van der Waals surface area contributed by atoms with E-state index in [1.807, 2.05) is 36.4 Å². The molecule has 0 unspecified atom stereocenters. The summed E-state index contributed by atoms with van der Waals surface area (Å²) in [6.45, 7) is 4.48. The minimum Gasteiger partial charge on any atom is -0.481 e. The summed E-state index contributed by atoms with van der Waals surface area (Å²) in [7, 11) is 1.57. The molecule has 0 fully saturated rings. The van der Waals surface area contributed by atoms with Crippen LogP contribution in [0.3, 0.4) is 0 Å². The summed E-state index contributed by atoms with van der Waals surface area (Å²) in [5, 5.41) is 2.86. The number of amides is 1. The van der Waals surface area contributed by atoms with E-state index in [0.29, 0.717) is 12.4 Å². The number of benzene rings is 1. The maximum Gasteiger partial charge on any atom is 0.244 e. The third-order valence-electron chi connectivity index (χ3n) is 4.40. The number of nitrogens with one attached hydrogen (secondary N) is 1. The van der Waals surface area contributed by atoms with E-state index in [0.717, 1.165) is 28.2 Å². The van der Waals surface area contributed by atoms with Crippen LogP contribution in [0.1, 0.15) is 22.5 Å². The molecule has 5 nitrogen and oxygen atoms in total. The highest BCUT2D eigenvalue weighted by Crippen LogP contribution is 2.21. The lowest BCUT2D eigenvalue weighted by molar-refractivity contribution is -0.116. The van der Waals surface area contributed by atoms with Crippen LogP contribution in [0, 0.1) is 13.8 Å². The van der Waals surface area contributed by atoms with Crippen molar-refractivity contribution in [3.8, 4) is 11.6 Å². The predicted octanol–water partition coefficient (Wildman–Crippen LogP) is 3.83. The molecule has 5 heteroatoms. The normalized spacial score (nSPS) is 10.9. The number of carbonyl (C=O) groups excluding carboxylic acids is 1. The third kappa shape index (κ3) is 4.26. The molecule has 0 atom stereocenters. The summed E-state index contributed by atoms with van der Waals surface area (Å²) in [6.07, 6.45) is 5.06. The average molecular weight is 361 g/mol. The van der Waals surface area contributed by atoms with Crippen LogP contribution in [-0.4, -0.2) is 22.6 Å². The van der Waals surface area contributed by atoms with Gasteiger partial charge in [0.2, 0.25) is 11.8 Å². The van der Waals surface area contributed by atoms with Crippen molar-refractivity contribution in [2.24, 2.45) is 0 Å². The molecule has 1 aromatic carbocycles. The van der Waals surface area contributed by atoms with Crippen LogP contribution in [0.25, 0.3) is 11.8 Å². The number of methoxy groups -OCH3 is 1. The van der Waals surface area contributed by atoms with Gasteiger partial charge in [-0.3, -0.25) is 4.79 Å². The van der Waals surface area contributed by atoms with Crippen molar-refractivity contribution in [1.29, 1.82) is 0 Å². The van der Waals surface area contributed by atoms with E-state index < -0.39 is 0 Å². The van der Waals surface area contributed by atoms with Crippen molar-refractivity contribution in [3.05, 3.63) is 83.3 Å². The monoisotopic (exact) mass is 361 g/mol. The number of ether oxygens (including phenoxy) is 1. The molecule has 1 N–H and O–H groups in total. The second kappa shape index (κ2) is 8.36. The molecule has 27 heavy (non-hydrogen) atoms. The van der Waals surface area contributed by atoms with E-state index in [1.165, 1.54) is 0 Å². The molecule has 138 valence electrons. The summed E-state index contributed by atoms with van der Waals surface area (Å²) in [5.74, 6) is 0.360. The van der Waals surface area contributed by atoms with Gasteiger partial charge in [-0.15, -0.1) is 0 Å². The maximum atomic E-state index is 12.2. The number of pyridine rings is 1. The van der Waals surface area contributed by atoms with Crippen LogP contribution in [0.5, 0.6) is 5.88 Å². The van der Waals surface area contributed by atoms with Gasteiger partial charge in [-0.1, -0.05) is 24.3 Å². The standard InChI is InChI=1S/C22H23N3O2/c1-16-14-18(17(2)25(16)20-9-5-4-6-10-20)11-12-21(26)24-15-19-8-7-13-23-22(19)27-3/h4-14H,15H2,1-3H3,(H,24,26)/b12-11+. The van der Waals surface area contributed by atoms with Crippen LogP contribution < -0.4 is 10.1 Å². The Balaban J connectivity index is 1.70. The summed E-state index contributed by atoms with van der Waals surface area (Å²) < 4.78 is 7.38. The minimum atomic E-state index is -0.162. The van der Waals surface area contributed by atoms with Gasteiger partial charge in [0.25, 0.3) is 0 Å². The van der Waals surface area contributed by atoms with Crippen molar-refractivity contribution in [2.75, 3.05) is 7.11 Å². The van der Waals surface area contributed by atoms with Gasteiger partial charge in [-0.2, -0.15) is 0 Å². The van der Waals surface area contributed by atoms with Crippen molar-refractivity contribution < 1.29 is 9.53 Å². The Kier molecular flexibility index (Phi) is 5.71. The number of carbonyl (C=O) groups is 1. The fourth-order valence-corrected chi connectivity index (χ4v) is 3.08. The van der Waals surface area contributed by atoms with Crippen LogP contribution in [0.2, 0.25) is 0 Å². The van der Waals surface area contributed by atoms with E-state index in [1.54, 1.807) is 19.4 Å². The highest BCUT2D eigenvalue weighted by atomic mass is 16.5. The number of nitrogens with zero attached hydrogens (tertiary/aromatic N) is 2. The SMILES string of the molecule is COc1ncccc1CNC(=O)/C=C/c1cc(C)n(-c2ccccc2)c1C. The topological polar surface area (TPSA) is 56.1 Å². The van der Waals surface area contributed by atoms with Gasteiger partial charge in [-0.25, -0.2) is 4.98 Å². The van der Waals surface area contributed by atoms with Gasteiger partial charge >= 0.3 is 0 Å². The van der Waals surface area contributed by atoms with Gasteiger partial charge in [0.05, 0.1) is 7.11 Å². The molecule has 2 heterocycles. The van der Waals surface area contributed by atoms with Gasteiger partial charge < -0.3 is 14.6 Å². The van der Waals surface area contributed by atoms with Crippen LogP contribution in [0.15, 0.2) is 60.8 Å². The summed E-state index contributed by atoms with van der Waals surface area (Å²) >= 11 is 0. The molecule has 0 saturated carbocycles. The zero-order valence-electron chi connectivity index (χ0n) is 15.8. The molecule has 2 aromatic heterocycles. The third-order valence-corrected chi connectivity index (χ3v) is 4.40. The zero-order valence-corrected chi connectivity index (χ0v) is 15.8. The van der Waals surface area contributed by atoms with Crippen molar-refractivity contribution in [3.63, 3.8) is 0 Å². The second-order valence-corrected chi connectivity index (χ2v) is 6.22. The smallest absolute Gasteiger partial charge is 0.244 e. The lowest BCUT2D eigenvalue weighted by Gasteiger charge is -2.09. The van der Waals surface area contributed by atoms with E-state index in [-0.39, 0.29) is 5.91 Å². The lowest BCUT2D eigenvalue weighted by Crippen LogP contribution is -2.20. The van der Waals surface area contributed by atoms with Gasteiger partial charge in [0.1, 0.15) is 0 Å². The second-order valence-electron chi connectivity index (χ2n) is 6.22. The first-order valence-corrected chi connectivity index (χ1v) is 8.78. The van der Waals surface area contributed by atoms with E-state index in [2.05, 4.69) is 46.9 Å². The minimum absolute atomic E-state index is 0.162. The number of para-hydroxylation sites is 1. The molecule has 0 spiro atoms. The molecule has 0 saturated heterocycles. The Morgan fingerprint density at radius 3 is 2.70 bits per heavy atom. The van der Waals surface area contributed by atoms with Crippen LogP contribution >= 0.6 is 0 Å². The van der Waals surface area contributed by atoms with E-state index in [4.69, 9.17) is 4.74 Å². The van der Waals surface area contributed by atoms with Gasteiger partial charge in [-0.05, 0) is 49.8 Å². The first-order chi connectivity index (χ1) is 13.1.